The summed E-state index contributed by atoms with van der Waals surface area (Å²) in [7, 11) is 2.05. The standard InChI is InChI=1S/C14H17N5O/c1-18-8-9-19(10-12(18)13-16-6-7-17-13)14(20)11-4-2-3-5-15-11/h2-7,12H,8-10H2,1H3,(H,16,17)/t12-/m0/s1. The lowest BCUT2D eigenvalue weighted by atomic mass is 10.1. The van der Waals surface area contributed by atoms with E-state index in [1.807, 2.05) is 23.2 Å². The second-order valence-electron chi connectivity index (χ2n) is 4.94. The van der Waals surface area contributed by atoms with E-state index in [1.54, 1.807) is 18.5 Å². The Labute approximate surface area is 117 Å². The smallest absolute Gasteiger partial charge is 0.272 e. The highest BCUT2D eigenvalue weighted by Gasteiger charge is 2.30. The number of amides is 1. The summed E-state index contributed by atoms with van der Waals surface area (Å²) in [5, 5.41) is 0. The lowest BCUT2D eigenvalue weighted by Gasteiger charge is -2.38. The summed E-state index contributed by atoms with van der Waals surface area (Å²) in [6.07, 6.45) is 5.19. The number of imidazole rings is 1. The van der Waals surface area contributed by atoms with Crippen molar-refractivity contribution < 1.29 is 4.79 Å². The summed E-state index contributed by atoms with van der Waals surface area (Å²) < 4.78 is 0. The number of pyridine rings is 1. The van der Waals surface area contributed by atoms with Crippen molar-refractivity contribution in [3.8, 4) is 0 Å². The first-order chi connectivity index (χ1) is 9.75. The average molecular weight is 271 g/mol. The van der Waals surface area contributed by atoms with Crippen LogP contribution >= 0.6 is 0 Å². The summed E-state index contributed by atoms with van der Waals surface area (Å²) in [4.78, 5) is 28.1. The number of hydrogen-bond donors (Lipinski definition) is 1. The Balaban J connectivity index is 1.77. The highest BCUT2D eigenvalue weighted by molar-refractivity contribution is 5.92. The van der Waals surface area contributed by atoms with Crippen molar-refractivity contribution in [3.63, 3.8) is 0 Å². The molecule has 0 aliphatic carbocycles. The molecule has 1 atom stereocenters. The minimum absolute atomic E-state index is 0.0183. The lowest BCUT2D eigenvalue weighted by Crippen LogP contribution is -2.49. The summed E-state index contributed by atoms with van der Waals surface area (Å²) in [6.45, 7) is 2.16. The van der Waals surface area contributed by atoms with Crippen molar-refractivity contribution in [2.75, 3.05) is 26.7 Å². The summed E-state index contributed by atoms with van der Waals surface area (Å²) in [5.41, 5.74) is 0.496. The third-order valence-corrected chi connectivity index (χ3v) is 3.65. The van der Waals surface area contributed by atoms with Gasteiger partial charge >= 0.3 is 0 Å². The van der Waals surface area contributed by atoms with Crippen LogP contribution in [0.1, 0.15) is 22.4 Å². The van der Waals surface area contributed by atoms with Crippen LogP contribution in [0.3, 0.4) is 0 Å². The second kappa shape index (κ2) is 5.42. The minimum Gasteiger partial charge on any atom is -0.347 e. The van der Waals surface area contributed by atoms with Crippen LogP contribution in [-0.2, 0) is 0 Å². The number of nitrogens with one attached hydrogen (secondary N) is 1. The topological polar surface area (TPSA) is 65.1 Å². The Hall–Kier alpha value is -2.21. The number of H-pyrrole nitrogens is 1. The number of piperazine rings is 1. The fourth-order valence-electron chi connectivity index (χ4n) is 2.46. The maximum absolute atomic E-state index is 12.4. The van der Waals surface area contributed by atoms with E-state index in [2.05, 4.69) is 26.9 Å². The number of nitrogens with zero attached hydrogens (tertiary/aromatic N) is 4. The van der Waals surface area contributed by atoms with Crippen LogP contribution in [0.15, 0.2) is 36.8 Å². The molecule has 104 valence electrons. The highest BCUT2D eigenvalue weighted by atomic mass is 16.2. The molecule has 0 radical (unpaired) electrons. The van der Waals surface area contributed by atoms with Gasteiger partial charge < -0.3 is 9.88 Å². The summed E-state index contributed by atoms with van der Waals surface area (Å²) in [5.74, 6) is 0.876. The molecule has 2 aromatic heterocycles. The van der Waals surface area contributed by atoms with Crippen LogP contribution in [0, 0.1) is 0 Å². The molecular weight excluding hydrogens is 254 g/mol. The Morgan fingerprint density at radius 1 is 1.30 bits per heavy atom. The number of aromatic amines is 1. The van der Waals surface area contributed by atoms with Crippen molar-refractivity contribution in [1.29, 1.82) is 0 Å². The van der Waals surface area contributed by atoms with Crippen LogP contribution in [0.2, 0.25) is 0 Å². The first-order valence-electron chi connectivity index (χ1n) is 6.65. The van der Waals surface area contributed by atoms with Crippen molar-refractivity contribution in [2.24, 2.45) is 0 Å². The molecule has 6 heteroatoms. The maximum atomic E-state index is 12.4. The zero-order valence-electron chi connectivity index (χ0n) is 11.4. The molecule has 20 heavy (non-hydrogen) atoms. The SMILES string of the molecule is CN1CCN(C(=O)c2ccccn2)C[C@H]1c1ncc[nH]1. The number of hydrogen-bond acceptors (Lipinski definition) is 4. The van der Waals surface area contributed by atoms with Crippen molar-refractivity contribution in [2.45, 2.75) is 6.04 Å². The first-order valence-corrected chi connectivity index (χ1v) is 6.65. The van der Waals surface area contributed by atoms with E-state index >= 15 is 0 Å². The molecule has 1 aliphatic rings. The molecule has 6 nitrogen and oxygen atoms in total. The van der Waals surface area contributed by atoms with Crippen molar-refractivity contribution in [1.82, 2.24) is 24.8 Å². The molecule has 3 rings (SSSR count). The highest BCUT2D eigenvalue weighted by Crippen LogP contribution is 2.21. The van der Waals surface area contributed by atoms with Crippen LogP contribution in [0.25, 0.3) is 0 Å². The summed E-state index contributed by atoms with van der Waals surface area (Å²) in [6, 6.07) is 5.50. The largest absolute Gasteiger partial charge is 0.347 e. The fraction of sp³-hybridized carbons (Fsp3) is 0.357. The van der Waals surface area contributed by atoms with Gasteiger partial charge in [0, 0.05) is 38.2 Å². The molecule has 0 spiro atoms. The van der Waals surface area contributed by atoms with Gasteiger partial charge in [-0.15, -0.1) is 0 Å². The molecule has 1 amide bonds. The number of rotatable bonds is 2. The molecule has 0 unspecified atom stereocenters. The van der Waals surface area contributed by atoms with Gasteiger partial charge in [-0.3, -0.25) is 14.7 Å². The van der Waals surface area contributed by atoms with Gasteiger partial charge in [-0.25, -0.2) is 4.98 Å². The van der Waals surface area contributed by atoms with E-state index in [0.29, 0.717) is 18.8 Å². The predicted molar refractivity (Wildman–Crippen MR) is 74.1 cm³/mol. The van der Waals surface area contributed by atoms with Crippen LogP contribution in [-0.4, -0.2) is 57.3 Å². The summed E-state index contributed by atoms with van der Waals surface area (Å²) >= 11 is 0. The number of aromatic nitrogens is 3. The molecule has 3 heterocycles. The molecule has 0 saturated carbocycles. The van der Waals surface area contributed by atoms with E-state index in [0.717, 1.165) is 12.4 Å². The van der Waals surface area contributed by atoms with Crippen LogP contribution < -0.4 is 0 Å². The van der Waals surface area contributed by atoms with Gasteiger partial charge in [0.1, 0.15) is 11.5 Å². The van der Waals surface area contributed by atoms with Gasteiger partial charge in [0.25, 0.3) is 5.91 Å². The van der Waals surface area contributed by atoms with Gasteiger partial charge in [-0.2, -0.15) is 0 Å². The number of carbonyl (C=O) groups is 1. The van der Waals surface area contributed by atoms with Gasteiger partial charge in [0.15, 0.2) is 0 Å². The lowest BCUT2D eigenvalue weighted by molar-refractivity contribution is 0.0529. The molecule has 0 bridgehead atoms. The third kappa shape index (κ3) is 2.42. The fourth-order valence-corrected chi connectivity index (χ4v) is 2.46. The van der Waals surface area contributed by atoms with Crippen LogP contribution in [0.5, 0.6) is 0 Å². The molecule has 1 N–H and O–H groups in total. The van der Waals surface area contributed by atoms with Gasteiger partial charge in [0.2, 0.25) is 0 Å². The Kier molecular flexibility index (Phi) is 3.47. The van der Waals surface area contributed by atoms with Gasteiger partial charge in [-0.1, -0.05) is 6.07 Å². The molecule has 1 aliphatic heterocycles. The monoisotopic (exact) mass is 271 g/mol. The molecular formula is C14H17N5O. The average Bonchev–Trinajstić information content (AvgIpc) is 3.02. The molecule has 2 aromatic rings. The predicted octanol–water partition coefficient (Wildman–Crippen LogP) is 0.934. The minimum atomic E-state index is -0.0183. The Morgan fingerprint density at radius 2 is 2.20 bits per heavy atom. The number of likely N-dealkylation sites (N-methyl/N-ethyl adjacent to an activating group) is 1. The normalized spacial score (nSPS) is 20.1. The number of carbonyl (C=O) groups excluding carboxylic acids is 1. The zero-order valence-corrected chi connectivity index (χ0v) is 11.4. The van der Waals surface area contributed by atoms with Gasteiger partial charge in [0.05, 0.1) is 6.04 Å². The van der Waals surface area contributed by atoms with E-state index in [-0.39, 0.29) is 11.9 Å². The van der Waals surface area contributed by atoms with E-state index in [9.17, 15) is 4.79 Å². The zero-order chi connectivity index (χ0) is 13.9. The Bertz CT molecular complexity index is 569. The second-order valence-corrected chi connectivity index (χ2v) is 4.94. The van der Waals surface area contributed by atoms with Crippen LogP contribution in [0.4, 0.5) is 0 Å². The molecule has 0 aromatic carbocycles. The Morgan fingerprint density at radius 3 is 2.90 bits per heavy atom. The third-order valence-electron chi connectivity index (χ3n) is 3.65. The van der Waals surface area contributed by atoms with E-state index in [4.69, 9.17) is 0 Å². The molecule has 1 saturated heterocycles. The van der Waals surface area contributed by atoms with Gasteiger partial charge in [-0.05, 0) is 19.2 Å². The van der Waals surface area contributed by atoms with Crippen molar-refractivity contribution >= 4 is 5.91 Å². The van der Waals surface area contributed by atoms with E-state index < -0.39 is 0 Å². The maximum Gasteiger partial charge on any atom is 0.272 e. The molecule has 1 fully saturated rings. The first kappa shape index (κ1) is 12.8. The quantitative estimate of drug-likeness (QED) is 0.882. The van der Waals surface area contributed by atoms with Crippen molar-refractivity contribution in [3.05, 3.63) is 48.3 Å². The van der Waals surface area contributed by atoms with E-state index in [1.165, 1.54) is 0 Å².